The summed E-state index contributed by atoms with van der Waals surface area (Å²) in [4.78, 5) is 12.0. The molecule has 1 amide bonds. The molecule has 108 valence electrons. The fourth-order valence-corrected chi connectivity index (χ4v) is 2.21. The van der Waals surface area contributed by atoms with E-state index < -0.39 is 6.10 Å². The van der Waals surface area contributed by atoms with Crippen molar-refractivity contribution in [1.82, 2.24) is 5.32 Å². The summed E-state index contributed by atoms with van der Waals surface area (Å²) in [5.41, 5.74) is 0. The number of aliphatic hydroxyl groups is 1. The van der Waals surface area contributed by atoms with E-state index in [1.807, 2.05) is 12.2 Å². The van der Waals surface area contributed by atoms with Crippen LogP contribution in [-0.4, -0.2) is 29.8 Å². The number of halogens is 1. The van der Waals surface area contributed by atoms with Gasteiger partial charge in [-0.3, -0.25) is 4.79 Å². The molecule has 3 atom stereocenters. The molecule has 0 radical (unpaired) electrons. The lowest BCUT2D eigenvalue weighted by molar-refractivity contribution is -0.127. The minimum absolute atomic E-state index is 0.0316. The van der Waals surface area contributed by atoms with Gasteiger partial charge in [-0.15, -0.1) is 0 Å². The lowest BCUT2D eigenvalue weighted by atomic mass is 10.1. The van der Waals surface area contributed by atoms with E-state index >= 15 is 0 Å². The number of amides is 1. The fraction of sp³-hybridized carbons (Fsp3) is 0.400. The van der Waals surface area contributed by atoms with Crippen LogP contribution in [0.5, 0.6) is 5.75 Å². The van der Waals surface area contributed by atoms with E-state index in [0.29, 0.717) is 10.8 Å². The van der Waals surface area contributed by atoms with Gasteiger partial charge in [-0.2, -0.15) is 0 Å². The number of aliphatic hydroxyl groups excluding tert-OH is 1. The number of hydrogen-bond donors (Lipinski definition) is 2. The van der Waals surface area contributed by atoms with Crippen LogP contribution in [0.25, 0.3) is 0 Å². The molecule has 0 aromatic heterocycles. The van der Waals surface area contributed by atoms with Crippen molar-refractivity contribution in [1.29, 1.82) is 0 Å². The summed E-state index contributed by atoms with van der Waals surface area (Å²) in [6, 6.07) is 6.85. The summed E-state index contributed by atoms with van der Waals surface area (Å²) >= 11 is 5.79. The Morgan fingerprint density at radius 2 is 2.15 bits per heavy atom. The molecule has 5 heteroatoms. The third kappa shape index (κ3) is 3.99. The van der Waals surface area contributed by atoms with E-state index in [-0.39, 0.29) is 24.5 Å². The Balaban J connectivity index is 1.83. The number of carbonyl (C=O) groups is 1. The maximum atomic E-state index is 12.0. The first-order valence-electron chi connectivity index (χ1n) is 6.60. The summed E-state index contributed by atoms with van der Waals surface area (Å²) in [5.74, 6) is 0.563. The number of hydrogen-bond acceptors (Lipinski definition) is 3. The number of rotatable bonds is 5. The number of benzene rings is 1. The van der Waals surface area contributed by atoms with E-state index in [4.69, 9.17) is 21.4 Å². The van der Waals surface area contributed by atoms with Crippen molar-refractivity contribution in [2.75, 3.05) is 6.61 Å². The zero-order valence-electron chi connectivity index (χ0n) is 11.3. The highest BCUT2D eigenvalue weighted by Crippen LogP contribution is 2.19. The van der Waals surface area contributed by atoms with Crippen molar-refractivity contribution in [2.45, 2.75) is 25.5 Å². The van der Waals surface area contributed by atoms with Crippen molar-refractivity contribution < 1.29 is 14.6 Å². The molecule has 0 aliphatic heterocycles. The van der Waals surface area contributed by atoms with Crippen LogP contribution in [0.15, 0.2) is 36.4 Å². The molecule has 1 aromatic carbocycles. The normalized spacial score (nSPS) is 22.6. The predicted octanol–water partition coefficient (Wildman–Crippen LogP) is 2.16. The average molecular weight is 296 g/mol. The first kappa shape index (κ1) is 14.9. The highest BCUT2D eigenvalue weighted by Gasteiger charge is 2.22. The van der Waals surface area contributed by atoms with Gasteiger partial charge >= 0.3 is 0 Å². The van der Waals surface area contributed by atoms with Gasteiger partial charge in [0.1, 0.15) is 5.75 Å². The average Bonchev–Trinajstić information content (AvgIpc) is 2.89. The smallest absolute Gasteiger partial charge is 0.261 e. The second kappa shape index (κ2) is 6.77. The van der Waals surface area contributed by atoms with E-state index in [9.17, 15) is 4.79 Å². The molecule has 0 fully saturated rings. The SMILES string of the molecule is CC(Oc1ccc(Cl)cc1)C(=O)N[C@@H]1C=C[C@H](CO)C1. The molecule has 0 bridgehead atoms. The van der Waals surface area contributed by atoms with Gasteiger partial charge in [0.05, 0.1) is 0 Å². The quantitative estimate of drug-likeness (QED) is 0.819. The number of ether oxygens (including phenoxy) is 1. The summed E-state index contributed by atoms with van der Waals surface area (Å²) in [5, 5.41) is 12.6. The minimum Gasteiger partial charge on any atom is -0.481 e. The van der Waals surface area contributed by atoms with Crippen LogP contribution in [0.1, 0.15) is 13.3 Å². The second-order valence-corrected chi connectivity index (χ2v) is 5.33. The molecule has 2 N–H and O–H groups in total. The van der Waals surface area contributed by atoms with Crippen molar-refractivity contribution in [3.8, 4) is 5.75 Å². The molecule has 20 heavy (non-hydrogen) atoms. The monoisotopic (exact) mass is 295 g/mol. The molecule has 1 aliphatic carbocycles. The minimum atomic E-state index is -0.585. The summed E-state index contributed by atoms with van der Waals surface area (Å²) in [6.07, 6.45) is 3.98. The lowest BCUT2D eigenvalue weighted by Gasteiger charge is -2.18. The topological polar surface area (TPSA) is 58.6 Å². The number of nitrogens with one attached hydrogen (secondary N) is 1. The molecule has 2 rings (SSSR count). The molecular formula is C15H18ClNO3. The molecule has 0 spiro atoms. The van der Waals surface area contributed by atoms with Gasteiger partial charge in [-0.05, 0) is 37.6 Å². The first-order chi connectivity index (χ1) is 9.58. The maximum Gasteiger partial charge on any atom is 0.261 e. The molecule has 0 saturated heterocycles. The van der Waals surface area contributed by atoms with E-state index in [2.05, 4.69) is 5.32 Å². The Hall–Kier alpha value is -1.52. The van der Waals surface area contributed by atoms with Crippen LogP contribution in [0, 0.1) is 5.92 Å². The molecule has 1 aliphatic rings. The van der Waals surface area contributed by atoms with Gasteiger partial charge in [0.15, 0.2) is 6.10 Å². The molecule has 1 unspecified atom stereocenters. The van der Waals surface area contributed by atoms with Crippen LogP contribution < -0.4 is 10.1 Å². The van der Waals surface area contributed by atoms with E-state index in [1.54, 1.807) is 31.2 Å². The lowest BCUT2D eigenvalue weighted by Crippen LogP contribution is -2.41. The van der Waals surface area contributed by atoms with Gasteiger partial charge < -0.3 is 15.2 Å². The van der Waals surface area contributed by atoms with E-state index in [1.165, 1.54) is 0 Å². The number of carbonyl (C=O) groups excluding carboxylic acids is 1. The Bertz CT molecular complexity index is 486. The Kier molecular flexibility index (Phi) is 5.04. The Morgan fingerprint density at radius 3 is 2.75 bits per heavy atom. The fourth-order valence-electron chi connectivity index (χ4n) is 2.09. The van der Waals surface area contributed by atoms with Crippen molar-refractivity contribution in [2.24, 2.45) is 5.92 Å². The summed E-state index contributed by atoms with van der Waals surface area (Å²) < 4.78 is 5.55. The Morgan fingerprint density at radius 1 is 1.45 bits per heavy atom. The molecular weight excluding hydrogens is 278 g/mol. The molecule has 4 nitrogen and oxygen atoms in total. The van der Waals surface area contributed by atoms with Crippen molar-refractivity contribution in [3.05, 3.63) is 41.4 Å². The zero-order chi connectivity index (χ0) is 14.5. The third-order valence-electron chi connectivity index (χ3n) is 3.23. The summed E-state index contributed by atoms with van der Waals surface area (Å²) in [6.45, 7) is 1.81. The van der Waals surface area contributed by atoms with Crippen LogP contribution in [0.4, 0.5) is 0 Å². The predicted molar refractivity (Wildman–Crippen MR) is 77.8 cm³/mol. The molecule has 0 saturated carbocycles. The highest BCUT2D eigenvalue weighted by molar-refractivity contribution is 6.30. The van der Waals surface area contributed by atoms with Crippen molar-refractivity contribution >= 4 is 17.5 Å². The Labute approximate surface area is 123 Å². The van der Waals surface area contributed by atoms with Crippen LogP contribution in [0.3, 0.4) is 0 Å². The van der Waals surface area contributed by atoms with Gasteiger partial charge in [-0.25, -0.2) is 0 Å². The zero-order valence-corrected chi connectivity index (χ0v) is 12.0. The van der Waals surface area contributed by atoms with E-state index in [0.717, 1.165) is 6.42 Å². The molecule has 0 heterocycles. The van der Waals surface area contributed by atoms with Gasteiger partial charge in [-0.1, -0.05) is 23.8 Å². The molecule has 1 aromatic rings. The van der Waals surface area contributed by atoms with Crippen LogP contribution in [0.2, 0.25) is 5.02 Å². The van der Waals surface area contributed by atoms with Gasteiger partial charge in [0.2, 0.25) is 0 Å². The van der Waals surface area contributed by atoms with Gasteiger partial charge in [0.25, 0.3) is 5.91 Å². The van der Waals surface area contributed by atoms with Crippen LogP contribution in [-0.2, 0) is 4.79 Å². The maximum absolute atomic E-state index is 12.0. The van der Waals surface area contributed by atoms with Gasteiger partial charge in [0, 0.05) is 23.6 Å². The summed E-state index contributed by atoms with van der Waals surface area (Å²) in [7, 11) is 0. The second-order valence-electron chi connectivity index (χ2n) is 4.89. The highest BCUT2D eigenvalue weighted by atomic mass is 35.5. The standard InChI is InChI=1S/C15H18ClNO3/c1-10(20-14-6-3-12(16)4-7-14)15(19)17-13-5-2-11(8-13)9-18/h2-7,10-11,13,18H,8-9H2,1H3,(H,17,19)/t10?,11-,13+/m0/s1. The third-order valence-corrected chi connectivity index (χ3v) is 3.48. The van der Waals surface area contributed by atoms with Crippen molar-refractivity contribution in [3.63, 3.8) is 0 Å². The largest absolute Gasteiger partial charge is 0.481 e. The first-order valence-corrected chi connectivity index (χ1v) is 6.98. The van der Waals surface area contributed by atoms with Crippen LogP contribution >= 0.6 is 11.6 Å².